The first kappa shape index (κ1) is 17.7. The monoisotopic (exact) mass is 332 g/mol. The number of hydrogen-bond acceptors (Lipinski definition) is 5. The summed E-state index contributed by atoms with van der Waals surface area (Å²) in [6.07, 6.45) is -1.000. The Hall–Kier alpha value is -2.70. The number of nitrogens with one attached hydrogen (secondary N) is 1. The summed E-state index contributed by atoms with van der Waals surface area (Å²) in [5, 5.41) is 2.70. The van der Waals surface area contributed by atoms with E-state index in [0.29, 0.717) is 5.69 Å². The summed E-state index contributed by atoms with van der Waals surface area (Å²) >= 11 is 0. The van der Waals surface area contributed by atoms with Crippen LogP contribution in [0.1, 0.15) is 38.1 Å². The quantitative estimate of drug-likeness (QED) is 0.657. The predicted octanol–water partition coefficient (Wildman–Crippen LogP) is 1.06. The fourth-order valence-electron chi connectivity index (χ4n) is 2.29. The average Bonchev–Trinajstić information content (AvgIpc) is 2.71. The molecule has 1 aliphatic rings. The van der Waals surface area contributed by atoms with E-state index in [1.54, 1.807) is 18.2 Å². The van der Waals surface area contributed by atoms with Crippen molar-refractivity contribution in [3.8, 4) is 0 Å². The Bertz CT molecular complexity index is 705. The van der Waals surface area contributed by atoms with Crippen LogP contribution in [0.25, 0.3) is 0 Å². The Labute approximate surface area is 140 Å². The van der Waals surface area contributed by atoms with Crippen molar-refractivity contribution in [1.82, 2.24) is 5.32 Å². The Morgan fingerprint density at radius 2 is 1.83 bits per heavy atom. The van der Waals surface area contributed by atoms with Crippen LogP contribution in [0.4, 0.5) is 5.69 Å². The largest absolute Gasteiger partial charge is 0.451 e. The highest BCUT2D eigenvalue weighted by Gasteiger charge is 2.37. The van der Waals surface area contributed by atoms with Gasteiger partial charge in [0.05, 0.1) is 11.3 Å². The number of esters is 1. The second-order valence-electron chi connectivity index (χ2n) is 6.61. The molecular formula is C17H20N2O5. The van der Waals surface area contributed by atoms with Crippen LogP contribution in [0, 0.1) is 0 Å². The molecular weight excluding hydrogens is 312 g/mol. The summed E-state index contributed by atoms with van der Waals surface area (Å²) in [7, 11) is 0. The highest BCUT2D eigenvalue weighted by Crippen LogP contribution is 2.28. The highest BCUT2D eigenvalue weighted by atomic mass is 16.5. The molecule has 0 unspecified atom stereocenters. The molecule has 0 aliphatic carbocycles. The average molecular weight is 332 g/mol. The summed E-state index contributed by atoms with van der Waals surface area (Å²) in [5.74, 6) is -2.62. The molecule has 0 aromatic heterocycles. The summed E-state index contributed by atoms with van der Waals surface area (Å²) in [6.45, 7) is 6.46. The van der Waals surface area contributed by atoms with E-state index >= 15 is 0 Å². The number of fused-ring (bicyclic) bond motifs is 1. The number of carbonyl (C=O) groups excluding carboxylic acids is 4. The number of carbonyl (C=O) groups is 4. The van der Waals surface area contributed by atoms with E-state index < -0.39 is 41.8 Å². The number of rotatable bonds is 4. The Kier molecular flexibility index (Phi) is 4.73. The van der Waals surface area contributed by atoms with Gasteiger partial charge in [0, 0.05) is 5.54 Å². The zero-order valence-electron chi connectivity index (χ0n) is 14.1. The summed E-state index contributed by atoms with van der Waals surface area (Å²) in [5.41, 5.74) is 0.179. The van der Waals surface area contributed by atoms with Crippen molar-refractivity contribution in [3.63, 3.8) is 0 Å². The molecule has 0 bridgehead atoms. The maximum Gasteiger partial charge on any atom is 0.326 e. The van der Waals surface area contributed by atoms with E-state index in [1.165, 1.54) is 13.0 Å². The number of para-hydroxylation sites is 1. The van der Waals surface area contributed by atoms with Crippen LogP contribution in [-0.2, 0) is 19.1 Å². The molecule has 24 heavy (non-hydrogen) atoms. The van der Waals surface area contributed by atoms with Gasteiger partial charge in [-0.3, -0.25) is 24.1 Å². The van der Waals surface area contributed by atoms with E-state index in [-0.39, 0.29) is 5.56 Å². The molecule has 2 amide bonds. The van der Waals surface area contributed by atoms with Gasteiger partial charge in [0.25, 0.3) is 17.6 Å². The van der Waals surface area contributed by atoms with Crippen molar-refractivity contribution >= 4 is 29.3 Å². The molecule has 1 heterocycles. The van der Waals surface area contributed by atoms with E-state index in [1.807, 2.05) is 20.8 Å². The molecule has 1 aromatic carbocycles. The van der Waals surface area contributed by atoms with Gasteiger partial charge in [0.1, 0.15) is 6.54 Å². The Morgan fingerprint density at radius 3 is 2.46 bits per heavy atom. The lowest BCUT2D eigenvalue weighted by molar-refractivity contribution is -0.154. The van der Waals surface area contributed by atoms with E-state index in [2.05, 4.69) is 5.32 Å². The normalized spacial score (nSPS) is 15.1. The molecule has 1 atom stereocenters. The van der Waals surface area contributed by atoms with Crippen molar-refractivity contribution in [1.29, 1.82) is 0 Å². The second-order valence-corrected chi connectivity index (χ2v) is 6.61. The molecule has 0 spiro atoms. The molecule has 0 saturated carbocycles. The molecule has 1 aromatic rings. The maximum absolute atomic E-state index is 12.0. The number of Topliss-reactive ketones (excluding diaryl/α,β-unsaturated/α-hetero) is 1. The predicted molar refractivity (Wildman–Crippen MR) is 86.6 cm³/mol. The zero-order valence-corrected chi connectivity index (χ0v) is 14.1. The van der Waals surface area contributed by atoms with Crippen molar-refractivity contribution < 1.29 is 23.9 Å². The number of hydrogen-bond donors (Lipinski definition) is 1. The summed E-state index contributed by atoms with van der Waals surface area (Å²) in [4.78, 5) is 48.9. The fourth-order valence-corrected chi connectivity index (χ4v) is 2.29. The van der Waals surface area contributed by atoms with Crippen LogP contribution < -0.4 is 10.2 Å². The third kappa shape index (κ3) is 3.79. The van der Waals surface area contributed by atoms with Crippen LogP contribution in [0.15, 0.2) is 24.3 Å². The molecule has 2 rings (SSSR count). The standard InChI is InChI=1S/C17H20N2O5/c1-10(15(22)18-17(2,3)4)24-13(20)9-19-12-8-6-5-7-11(12)14(21)16(19)23/h5-8,10H,9H2,1-4H3,(H,18,22)/t10-/m1/s1. The third-order valence-corrected chi connectivity index (χ3v) is 3.34. The number of amides is 2. The lowest BCUT2D eigenvalue weighted by Crippen LogP contribution is -2.47. The number of anilines is 1. The first-order valence-corrected chi connectivity index (χ1v) is 7.57. The van der Waals surface area contributed by atoms with Gasteiger partial charge in [0.15, 0.2) is 6.10 Å². The Morgan fingerprint density at radius 1 is 1.21 bits per heavy atom. The number of nitrogens with zero attached hydrogens (tertiary/aromatic N) is 1. The van der Waals surface area contributed by atoms with E-state index in [4.69, 9.17) is 4.74 Å². The molecule has 0 saturated heterocycles. The van der Waals surface area contributed by atoms with Crippen molar-refractivity contribution in [2.45, 2.75) is 39.3 Å². The first-order chi connectivity index (χ1) is 11.1. The molecule has 7 nitrogen and oxygen atoms in total. The highest BCUT2D eigenvalue weighted by molar-refractivity contribution is 6.52. The van der Waals surface area contributed by atoms with Crippen LogP contribution in [0.2, 0.25) is 0 Å². The molecule has 0 fully saturated rings. The van der Waals surface area contributed by atoms with Crippen LogP contribution >= 0.6 is 0 Å². The van der Waals surface area contributed by atoms with Gasteiger partial charge in [-0.05, 0) is 39.8 Å². The smallest absolute Gasteiger partial charge is 0.326 e. The summed E-state index contributed by atoms with van der Waals surface area (Å²) < 4.78 is 5.06. The second kappa shape index (κ2) is 6.43. The van der Waals surface area contributed by atoms with Crippen LogP contribution in [0.3, 0.4) is 0 Å². The number of ether oxygens (including phenoxy) is 1. The van der Waals surface area contributed by atoms with Gasteiger partial charge in [-0.1, -0.05) is 12.1 Å². The van der Waals surface area contributed by atoms with Crippen LogP contribution in [-0.4, -0.2) is 41.8 Å². The van der Waals surface area contributed by atoms with Crippen molar-refractivity contribution in [3.05, 3.63) is 29.8 Å². The van der Waals surface area contributed by atoms with Crippen LogP contribution in [0.5, 0.6) is 0 Å². The van der Waals surface area contributed by atoms with Crippen molar-refractivity contribution in [2.75, 3.05) is 11.4 Å². The fraction of sp³-hybridized carbons (Fsp3) is 0.412. The molecule has 7 heteroatoms. The van der Waals surface area contributed by atoms with Gasteiger partial charge in [-0.25, -0.2) is 0 Å². The summed E-state index contributed by atoms with van der Waals surface area (Å²) in [6, 6.07) is 6.43. The SMILES string of the molecule is C[C@@H](OC(=O)CN1C(=O)C(=O)c2ccccc21)C(=O)NC(C)(C)C. The topological polar surface area (TPSA) is 92.8 Å². The molecule has 1 aliphatic heterocycles. The van der Waals surface area contributed by atoms with Crippen molar-refractivity contribution in [2.24, 2.45) is 0 Å². The lowest BCUT2D eigenvalue weighted by atomic mass is 10.1. The van der Waals surface area contributed by atoms with E-state index in [0.717, 1.165) is 4.90 Å². The third-order valence-electron chi connectivity index (χ3n) is 3.34. The zero-order chi connectivity index (χ0) is 18.1. The van der Waals surface area contributed by atoms with Gasteiger partial charge >= 0.3 is 5.97 Å². The maximum atomic E-state index is 12.0. The Balaban J connectivity index is 2.02. The minimum absolute atomic E-state index is 0.258. The van der Waals surface area contributed by atoms with Gasteiger partial charge < -0.3 is 10.1 Å². The van der Waals surface area contributed by atoms with Gasteiger partial charge in [0.2, 0.25) is 0 Å². The minimum atomic E-state index is -1.000. The van der Waals surface area contributed by atoms with E-state index in [9.17, 15) is 19.2 Å². The molecule has 1 N–H and O–H groups in total. The molecule has 128 valence electrons. The van der Waals surface area contributed by atoms with Gasteiger partial charge in [-0.2, -0.15) is 0 Å². The lowest BCUT2D eigenvalue weighted by Gasteiger charge is -2.23. The number of benzene rings is 1. The minimum Gasteiger partial charge on any atom is -0.451 e. The molecule has 0 radical (unpaired) electrons. The first-order valence-electron chi connectivity index (χ1n) is 7.57. The number of ketones is 1. The van der Waals surface area contributed by atoms with Gasteiger partial charge in [-0.15, -0.1) is 0 Å².